The van der Waals surface area contributed by atoms with Crippen LogP contribution in [-0.4, -0.2) is 23.7 Å². The number of hydrogen-bond donors (Lipinski definition) is 1. The van der Waals surface area contributed by atoms with Crippen LogP contribution < -0.4 is 5.32 Å². The monoisotopic (exact) mass is 209 g/mol. The fraction of sp³-hybridized carbons (Fsp3) is 0.917. The Bertz CT molecular complexity index is 307. The Kier molecular flexibility index (Phi) is 1.77. The number of carbonyl (C=O) groups excluding carboxylic acids is 1. The number of hydrogen-bond acceptors (Lipinski definition) is 2. The van der Waals surface area contributed by atoms with Gasteiger partial charge in [0.1, 0.15) is 0 Å². The predicted molar refractivity (Wildman–Crippen MR) is 56.3 cm³/mol. The van der Waals surface area contributed by atoms with E-state index in [4.69, 9.17) is 4.74 Å². The molecule has 1 heterocycles. The first-order chi connectivity index (χ1) is 6.96. The van der Waals surface area contributed by atoms with Crippen molar-refractivity contribution in [2.75, 3.05) is 0 Å². The molecule has 3 heteroatoms. The maximum atomic E-state index is 12.0. The van der Waals surface area contributed by atoms with Crippen LogP contribution in [0.1, 0.15) is 33.6 Å². The molecular formula is C12H19NO2. The van der Waals surface area contributed by atoms with Crippen LogP contribution in [0.4, 0.5) is 0 Å². The number of rotatable bonds is 1. The molecule has 2 saturated carbocycles. The molecular weight excluding hydrogens is 190 g/mol. The van der Waals surface area contributed by atoms with Gasteiger partial charge in [0.25, 0.3) is 0 Å². The lowest BCUT2D eigenvalue weighted by molar-refractivity contribution is -0.127. The molecule has 0 aromatic rings. The Hall–Kier alpha value is -0.570. The molecule has 5 atom stereocenters. The van der Waals surface area contributed by atoms with E-state index in [1.165, 1.54) is 6.42 Å². The molecule has 3 nitrogen and oxygen atoms in total. The van der Waals surface area contributed by atoms with Gasteiger partial charge in [-0.25, -0.2) is 0 Å². The number of fused-ring (bicyclic) bond motifs is 5. The summed E-state index contributed by atoms with van der Waals surface area (Å²) < 4.78 is 5.57. The molecule has 15 heavy (non-hydrogen) atoms. The average molecular weight is 209 g/mol. The zero-order valence-corrected chi connectivity index (χ0v) is 9.62. The maximum Gasteiger partial charge on any atom is 0.223 e. The molecule has 0 spiro atoms. The molecule has 0 aromatic carbocycles. The van der Waals surface area contributed by atoms with E-state index in [-0.39, 0.29) is 17.4 Å². The van der Waals surface area contributed by atoms with Crippen LogP contribution in [0.5, 0.6) is 0 Å². The molecule has 3 rings (SSSR count). The quantitative estimate of drug-likeness (QED) is 0.662. The molecule has 84 valence electrons. The van der Waals surface area contributed by atoms with Crippen molar-refractivity contribution in [3.63, 3.8) is 0 Å². The molecule has 0 aromatic heterocycles. The normalized spacial score (nSPS) is 46.5. The minimum Gasteiger partial charge on any atom is -0.369 e. The first kappa shape index (κ1) is 9.64. The fourth-order valence-electron chi connectivity index (χ4n) is 3.37. The molecule has 1 N–H and O–H groups in total. The lowest BCUT2D eigenvalue weighted by Gasteiger charge is -2.26. The minimum absolute atomic E-state index is 0.108. The van der Waals surface area contributed by atoms with Crippen molar-refractivity contribution >= 4 is 5.91 Å². The summed E-state index contributed by atoms with van der Waals surface area (Å²) in [6, 6.07) is 0. The zero-order chi connectivity index (χ0) is 10.8. The largest absolute Gasteiger partial charge is 0.369 e. The van der Waals surface area contributed by atoms with Crippen LogP contribution in [0.2, 0.25) is 0 Å². The molecule has 0 radical (unpaired) electrons. The Balaban J connectivity index is 1.67. The zero-order valence-electron chi connectivity index (χ0n) is 9.62. The van der Waals surface area contributed by atoms with Crippen molar-refractivity contribution in [3.8, 4) is 0 Å². The van der Waals surface area contributed by atoms with Gasteiger partial charge in [-0.2, -0.15) is 0 Å². The van der Waals surface area contributed by atoms with Gasteiger partial charge >= 0.3 is 0 Å². The van der Waals surface area contributed by atoms with Gasteiger partial charge in [-0.1, -0.05) is 0 Å². The van der Waals surface area contributed by atoms with Gasteiger partial charge in [0, 0.05) is 11.5 Å². The first-order valence-electron chi connectivity index (χ1n) is 5.93. The molecule has 1 aliphatic heterocycles. The molecule has 3 fully saturated rings. The molecule has 3 aliphatic rings. The lowest BCUT2D eigenvalue weighted by atomic mass is 9.87. The van der Waals surface area contributed by atoms with E-state index >= 15 is 0 Å². The number of carbonyl (C=O) groups is 1. The van der Waals surface area contributed by atoms with Crippen LogP contribution in [0.3, 0.4) is 0 Å². The number of amides is 1. The Morgan fingerprint density at radius 2 is 2.00 bits per heavy atom. The van der Waals surface area contributed by atoms with Crippen LogP contribution in [-0.2, 0) is 9.53 Å². The third-order valence-corrected chi connectivity index (χ3v) is 3.93. The highest BCUT2D eigenvalue weighted by atomic mass is 16.6. The highest BCUT2D eigenvalue weighted by molar-refractivity contribution is 5.80. The van der Waals surface area contributed by atoms with Gasteiger partial charge in [-0.3, -0.25) is 4.79 Å². The number of epoxide rings is 1. The van der Waals surface area contributed by atoms with Gasteiger partial charge in [0.15, 0.2) is 0 Å². The summed E-state index contributed by atoms with van der Waals surface area (Å²) in [5.74, 6) is 1.65. The van der Waals surface area contributed by atoms with Crippen molar-refractivity contribution < 1.29 is 9.53 Å². The van der Waals surface area contributed by atoms with Crippen molar-refractivity contribution in [1.29, 1.82) is 0 Å². The standard InChI is InChI=1S/C12H19NO2/c1-12(2,3)13-11(14)8-5-6-4-7(8)10-9(6)15-10/h6-10H,4-5H2,1-3H3,(H,13,14). The third-order valence-electron chi connectivity index (χ3n) is 3.93. The van der Waals surface area contributed by atoms with Gasteiger partial charge in [-0.05, 0) is 45.4 Å². The molecule has 1 saturated heterocycles. The fourth-order valence-corrected chi connectivity index (χ4v) is 3.37. The van der Waals surface area contributed by atoms with E-state index in [0.29, 0.717) is 24.0 Å². The van der Waals surface area contributed by atoms with E-state index in [2.05, 4.69) is 5.32 Å². The van der Waals surface area contributed by atoms with Crippen molar-refractivity contribution in [2.45, 2.75) is 51.4 Å². The number of nitrogens with one attached hydrogen (secondary N) is 1. The van der Waals surface area contributed by atoms with E-state index in [1.807, 2.05) is 20.8 Å². The highest BCUT2D eigenvalue weighted by Gasteiger charge is 2.64. The molecule has 2 aliphatic carbocycles. The molecule has 2 bridgehead atoms. The maximum absolute atomic E-state index is 12.0. The topological polar surface area (TPSA) is 41.6 Å². The van der Waals surface area contributed by atoms with Crippen LogP contribution in [0.25, 0.3) is 0 Å². The Labute approximate surface area is 90.6 Å². The van der Waals surface area contributed by atoms with Crippen LogP contribution in [0.15, 0.2) is 0 Å². The minimum atomic E-state index is -0.108. The van der Waals surface area contributed by atoms with Gasteiger partial charge in [-0.15, -0.1) is 0 Å². The first-order valence-corrected chi connectivity index (χ1v) is 5.93. The van der Waals surface area contributed by atoms with E-state index < -0.39 is 0 Å². The smallest absolute Gasteiger partial charge is 0.223 e. The number of ether oxygens (including phenoxy) is 1. The van der Waals surface area contributed by atoms with E-state index in [0.717, 1.165) is 6.42 Å². The second-order valence-corrected chi connectivity index (χ2v) is 6.31. The summed E-state index contributed by atoms with van der Waals surface area (Å²) in [6.07, 6.45) is 3.22. The summed E-state index contributed by atoms with van der Waals surface area (Å²) >= 11 is 0. The summed E-state index contributed by atoms with van der Waals surface area (Å²) in [5.41, 5.74) is -0.108. The second-order valence-electron chi connectivity index (χ2n) is 6.31. The van der Waals surface area contributed by atoms with Crippen LogP contribution >= 0.6 is 0 Å². The average Bonchev–Trinajstić information content (AvgIpc) is 2.69. The van der Waals surface area contributed by atoms with E-state index in [9.17, 15) is 4.79 Å². The Morgan fingerprint density at radius 1 is 1.27 bits per heavy atom. The summed E-state index contributed by atoms with van der Waals surface area (Å²) in [4.78, 5) is 12.0. The van der Waals surface area contributed by atoms with E-state index in [1.54, 1.807) is 0 Å². The predicted octanol–water partition coefficient (Wildman–Crippen LogP) is 1.32. The Morgan fingerprint density at radius 3 is 2.53 bits per heavy atom. The molecule has 5 unspecified atom stereocenters. The van der Waals surface area contributed by atoms with Crippen LogP contribution in [0, 0.1) is 17.8 Å². The molecule has 1 amide bonds. The highest BCUT2D eigenvalue weighted by Crippen LogP contribution is 2.58. The third kappa shape index (κ3) is 1.48. The van der Waals surface area contributed by atoms with Gasteiger partial charge in [0.05, 0.1) is 12.2 Å². The summed E-state index contributed by atoms with van der Waals surface area (Å²) in [5, 5.41) is 3.09. The SMILES string of the molecule is CC(C)(C)NC(=O)C1CC2CC1C1OC21. The second kappa shape index (κ2) is 2.76. The summed E-state index contributed by atoms with van der Waals surface area (Å²) in [7, 11) is 0. The lowest BCUT2D eigenvalue weighted by Crippen LogP contribution is -2.45. The summed E-state index contributed by atoms with van der Waals surface area (Å²) in [6.45, 7) is 6.11. The van der Waals surface area contributed by atoms with Gasteiger partial charge < -0.3 is 10.1 Å². The van der Waals surface area contributed by atoms with Crippen molar-refractivity contribution in [2.24, 2.45) is 17.8 Å². The van der Waals surface area contributed by atoms with Gasteiger partial charge in [0.2, 0.25) is 5.91 Å². The van der Waals surface area contributed by atoms with Crippen molar-refractivity contribution in [3.05, 3.63) is 0 Å². The van der Waals surface area contributed by atoms with Crippen molar-refractivity contribution in [1.82, 2.24) is 5.32 Å².